The van der Waals surface area contributed by atoms with Crippen LogP contribution in [-0.4, -0.2) is 23.0 Å². The van der Waals surface area contributed by atoms with Gasteiger partial charge in [-0.3, -0.25) is 14.5 Å². The highest BCUT2D eigenvalue weighted by Crippen LogP contribution is 2.53. The first-order chi connectivity index (χ1) is 9.59. The summed E-state index contributed by atoms with van der Waals surface area (Å²) in [7, 11) is 0. The molecule has 0 aromatic heterocycles. The number of carbonyl (C=O) groups excluding carboxylic acids is 2. The van der Waals surface area contributed by atoms with E-state index in [1.807, 2.05) is 24.3 Å². The minimum Gasteiger partial charge on any atom is -0.392 e. The second-order valence-electron chi connectivity index (χ2n) is 5.57. The van der Waals surface area contributed by atoms with Crippen molar-refractivity contribution >= 4 is 33.4 Å². The number of amides is 2. The van der Waals surface area contributed by atoms with Gasteiger partial charge in [0.2, 0.25) is 11.8 Å². The number of fused-ring (bicyclic) bond motifs is 5. The SMILES string of the molecule is O=C1[C@@H]2[C@H](C(=O)N1c1ccc(Br)cc1)[C@@H]1C=C[C@H]2C1O. The Hall–Kier alpha value is -1.46. The van der Waals surface area contributed by atoms with Gasteiger partial charge in [0.25, 0.3) is 0 Å². The van der Waals surface area contributed by atoms with E-state index in [2.05, 4.69) is 15.9 Å². The van der Waals surface area contributed by atoms with Crippen molar-refractivity contribution in [1.29, 1.82) is 0 Å². The number of carbonyl (C=O) groups is 2. The van der Waals surface area contributed by atoms with Crippen molar-refractivity contribution in [3.05, 3.63) is 40.9 Å². The Morgan fingerprint density at radius 3 is 1.95 bits per heavy atom. The number of anilines is 1. The van der Waals surface area contributed by atoms with Gasteiger partial charge in [0.1, 0.15) is 0 Å². The summed E-state index contributed by atoms with van der Waals surface area (Å²) < 4.78 is 0.901. The summed E-state index contributed by atoms with van der Waals surface area (Å²) in [4.78, 5) is 26.4. The zero-order valence-corrected chi connectivity index (χ0v) is 12.0. The lowest BCUT2D eigenvalue weighted by Gasteiger charge is -2.19. The molecule has 4 rings (SSSR count). The van der Waals surface area contributed by atoms with Crippen molar-refractivity contribution in [3.63, 3.8) is 0 Å². The molecule has 0 radical (unpaired) electrons. The Morgan fingerprint density at radius 2 is 1.45 bits per heavy atom. The molecule has 1 saturated carbocycles. The standard InChI is InChI=1S/C15H12BrNO3/c16-7-1-3-8(4-2-7)17-14(19)11-9-5-6-10(13(9)18)12(11)15(17)20/h1-6,9-13,18H/t9-,10+,11+,12-,13?. The Kier molecular flexibility index (Phi) is 2.47. The Bertz CT molecular complexity index is 607. The zero-order chi connectivity index (χ0) is 14.0. The Labute approximate surface area is 124 Å². The largest absolute Gasteiger partial charge is 0.392 e. The van der Waals surface area contributed by atoms with E-state index < -0.39 is 17.9 Å². The molecule has 2 amide bonds. The molecule has 1 aromatic rings. The molecule has 1 heterocycles. The second-order valence-corrected chi connectivity index (χ2v) is 6.49. The predicted molar refractivity (Wildman–Crippen MR) is 75.7 cm³/mol. The zero-order valence-electron chi connectivity index (χ0n) is 10.4. The number of benzene rings is 1. The fourth-order valence-corrected chi connectivity index (χ4v) is 4.04. The molecule has 20 heavy (non-hydrogen) atoms. The van der Waals surface area contributed by atoms with Crippen molar-refractivity contribution < 1.29 is 14.7 Å². The summed E-state index contributed by atoms with van der Waals surface area (Å²) in [5, 5.41) is 10.1. The average molecular weight is 334 g/mol. The normalized spacial score (nSPS) is 37.9. The van der Waals surface area contributed by atoms with Gasteiger partial charge < -0.3 is 5.11 Å². The number of halogens is 1. The highest BCUT2D eigenvalue weighted by molar-refractivity contribution is 9.10. The van der Waals surface area contributed by atoms with Crippen LogP contribution in [0.3, 0.4) is 0 Å². The quantitative estimate of drug-likeness (QED) is 0.629. The van der Waals surface area contributed by atoms with Crippen LogP contribution in [0.5, 0.6) is 0 Å². The van der Waals surface area contributed by atoms with Gasteiger partial charge in [-0.1, -0.05) is 28.1 Å². The molecule has 5 atom stereocenters. The van der Waals surface area contributed by atoms with Crippen LogP contribution in [0, 0.1) is 23.7 Å². The summed E-state index contributed by atoms with van der Waals surface area (Å²) in [6.45, 7) is 0. The smallest absolute Gasteiger partial charge is 0.238 e. The fourth-order valence-electron chi connectivity index (χ4n) is 3.77. The molecule has 4 nitrogen and oxygen atoms in total. The minimum atomic E-state index is -0.579. The van der Waals surface area contributed by atoms with E-state index in [-0.39, 0.29) is 23.7 Å². The average Bonchev–Trinajstić information content (AvgIpc) is 3.02. The minimum absolute atomic E-state index is 0.182. The molecule has 5 heteroatoms. The van der Waals surface area contributed by atoms with Gasteiger partial charge in [-0.05, 0) is 24.3 Å². The maximum absolute atomic E-state index is 12.6. The maximum atomic E-state index is 12.6. The van der Waals surface area contributed by atoms with E-state index in [1.54, 1.807) is 12.1 Å². The highest BCUT2D eigenvalue weighted by Gasteiger charge is 2.63. The van der Waals surface area contributed by atoms with Crippen LogP contribution in [0.4, 0.5) is 5.69 Å². The van der Waals surface area contributed by atoms with Gasteiger partial charge in [0.15, 0.2) is 0 Å². The molecule has 2 fully saturated rings. The van der Waals surface area contributed by atoms with Gasteiger partial charge in [-0.25, -0.2) is 0 Å². The molecule has 2 aliphatic carbocycles. The lowest BCUT2D eigenvalue weighted by Crippen LogP contribution is -2.35. The first kappa shape index (κ1) is 12.3. The molecule has 1 saturated heterocycles. The van der Waals surface area contributed by atoms with Crippen LogP contribution >= 0.6 is 15.9 Å². The van der Waals surface area contributed by atoms with Crippen LogP contribution in [-0.2, 0) is 9.59 Å². The maximum Gasteiger partial charge on any atom is 0.238 e. The van der Waals surface area contributed by atoms with Crippen LogP contribution in [0.1, 0.15) is 0 Å². The summed E-state index contributed by atoms with van der Waals surface area (Å²) in [6, 6.07) is 7.14. The van der Waals surface area contributed by atoms with Crippen molar-refractivity contribution in [3.8, 4) is 0 Å². The molecule has 2 bridgehead atoms. The summed E-state index contributed by atoms with van der Waals surface area (Å²) >= 11 is 3.34. The van der Waals surface area contributed by atoms with E-state index >= 15 is 0 Å². The van der Waals surface area contributed by atoms with E-state index in [4.69, 9.17) is 0 Å². The number of hydrogen-bond donors (Lipinski definition) is 1. The van der Waals surface area contributed by atoms with Gasteiger partial charge in [0.05, 0.1) is 23.6 Å². The van der Waals surface area contributed by atoms with Crippen molar-refractivity contribution in [2.75, 3.05) is 4.90 Å². The summed E-state index contributed by atoms with van der Waals surface area (Å²) in [5.41, 5.74) is 0.603. The molecule has 1 N–H and O–H groups in total. The summed E-state index contributed by atoms with van der Waals surface area (Å²) in [5.74, 6) is -1.56. The molecule has 1 unspecified atom stereocenters. The Balaban J connectivity index is 1.74. The molecule has 102 valence electrons. The van der Waals surface area contributed by atoms with Crippen LogP contribution in [0.15, 0.2) is 40.9 Å². The molecular formula is C15H12BrNO3. The number of imide groups is 1. The third-order valence-electron chi connectivity index (χ3n) is 4.66. The van der Waals surface area contributed by atoms with Crippen molar-refractivity contribution in [1.82, 2.24) is 0 Å². The number of aliphatic hydroxyl groups is 1. The highest BCUT2D eigenvalue weighted by atomic mass is 79.9. The monoisotopic (exact) mass is 333 g/mol. The first-order valence-electron chi connectivity index (χ1n) is 6.59. The third-order valence-corrected chi connectivity index (χ3v) is 5.19. The molecule has 3 aliphatic rings. The van der Waals surface area contributed by atoms with Gasteiger partial charge in [-0.15, -0.1) is 0 Å². The Morgan fingerprint density at radius 1 is 0.950 bits per heavy atom. The lowest BCUT2D eigenvalue weighted by atomic mass is 9.85. The van der Waals surface area contributed by atoms with Gasteiger partial charge >= 0.3 is 0 Å². The number of aliphatic hydroxyl groups excluding tert-OH is 1. The van der Waals surface area contributed by atoms with Gasteiger partial charge in [-0.2, -0.15) is 0 Å². The van der Waals surface area contributed by atoms with E-state index in [1.165, 1.54) is 4.90 Å². The third kappa shape index (κ3) is 1.39. The van der Waals surface area contributed by atoms with Crippen LogP contribution in [0.2, 0.25) is 0 Å². The molecule has 0 spiro atoms. The molecular weight excluding hydrogens is 322 g/mol. The van der Waals surface area contributed by atoms with Gasteiger partial charge in [0, 0.05) is 16.3 Å². The lowest BCUT2D eigenvalue weighted by molar-refractivity contribution is -0.123. The van der Waals surface area contributed by atoms with Crippen molar-refractivity contribution in [2.45, 2.75) is 6.10 Å². The number of hydrogen-bond acceptors (Lipinski definition) is 3. The van der Waals surface area contributed by atoms with E-state index in [0.29, 0.717) is 5.69 Å². The second kappa shape index (κ2) is 4.02. The number of rotatable bonds is 1. The van der Waals surface area contributed by atoms with Crippen molar-refractivity contribution in [2.24, 2.45) is 23.7 Å². The first-order valence-corrected chi connectivity index (χ1v) is 7.38. The summed E-state index contributed by atoms with van der Waals surface area (Å²) in [6.07, 6.45) is 3.18. The van der Waals surface area contributed by atoms with Crippen LogP contribution < -0.4 is 4.90 Å². The fraction of sp³-hybridized carbons (Fsp3) is 0.333. The predicted octanol–water partition coefficient (Wildman–Crippen LogP) is 1.73. The molecule has 1 aliphatic heterocycles. The topological polar surface area (TPSA) is 57.6 Å². The molecule has 1 aromatic carbocycles. The van der Waals surface area contributed by atoms with E-state index in [9.17, 15) is 14.7 Å². The number of nitrogens with zero attached hydrogens (tertiary/aromatic N) is 1. The van der Waals surface area contributed by atoms with Crippen LogP contribution in [0.25, 0.3) is 0 Å². The van der Waals surface area contributed by atoms with E-state index in [0.717, 1.165) is 4.47 Å².